The Bertz CT molecular complexity index is 1340. The molecule has 7 heteroatoms. The van der Waals surface area contributed by atoms with Gasteiger partial charge in [0.15, 0.2) is 0 Å². The SMILES string of the molecule is CCCCC(c1cc(C(N)=O)cc2[nH]c(=O)c(-c3cccc(C(=N)N)c3)cc12)N1C(C)CCCC1C. The molecule has 1 saturated heterocycles. The van der Waals surface area contributed by atoms with Crippen molar-refractivity contribution in [1.29, 1.82) is 5.41 Å². The lowest BCUT2D eigenvalue weighted by atomic mass is 9.87. The number of H-pyrrole nitrogens is 1. The van der Waals surface area contributed by atoms with Crippen LogP contribution in [0, 0.1) is 5.41 Å². The van der Waals surface area contributed by atoms with Crippen LogP contribution < -0.4 is 17.0 Å². The Labute approximate surface area is 212 Å². The molecule has 36 heavy (non-hydrogen) atoms. The fraction of sp³-hybridized carbons (Fsp3) is 0.414. The molecule has 0 radical (unpaired) electrons. The summed E-state index contributed by atoms with van der Waals surface area (Å²) in [5.74, 6) is -0.556. The number of benzene rings is 2. The summed E-state index contributed by atoms with van der Waals surface area (Å²) in [5, 5.41) is 8.70. The minimum atomic E-state index is -0.508. The molecule has 1 fully saturated rings. The first-order valence-electron chi connectivity index (χ1n) is 12.9. The maximum Gasteiger partial charge on any atom is 0.256 e. The number of likely N-dealkylation sites (tertiary alicyclic amines) is 1. The van der Waals surface area contributed by atoms with Gasteiger partial charge in [-0.15, -0.1) is 0 Å². The lowest BCUT2D eigenvalue weighted by Gasteiger charge is -2.45. The van der Waals surface area contributed by atoms with Gasteiger partial charge in [0.2, 0.25) is 5.91 Å². The van der Waals surface area contributed by atoms with Crippen LogP contribution >= 0.6 is 0 Å². The van der Waals surface area contributed by atoms with Crippen molar-refractivity contribution in [1.82, 2.24) is 9.88 Å². The molecule has 0 spiro atoms. The van der Waals surface area contributed by atoms with Crippen molar-refractivity contribution in [2.45, 2.75) is 77.4 Å². The quantitative estimate of drug-likeness (QED) is 0.261. The van der Waals surface area contributed by atoms with Gasteiger partial charge in [-0.25, -0.2) is 0 Å². The molecule has 7 nitrogen and oxygen atoms in total. The van der Waals surface area contributed by atoms with E-state index in [9.17, 15) is 9.59 Å². The van der Waals surface area contributed by atoms with Gasteiger partial charge in [0.25, 0.3) is 5.56 Å². The number of rotatable bonds is 8. The lowest BCUT2D eigenvalue weighted by molar-refractivity contribution is 0.0495. The second-order valence-electron chi connectivity index (χ2n) is 10.1. The Morgan fingerprint density at radius 1 is 1.11 bits per heavy atom. The molecule has 4 rings (SSSR count). The molecular formula is C29H37N5O2. The van der Waals surface area contributed by atoms with Crippen LogP contribution in [0.4, 0.5) is 0 Å². The minimum absolute atomic E-state index is 0.0476. The maximum atomic E-state index is 13.2. The van der Waals surface area contributed by atoms with Crippen LogP contribution in [-0.4, -0.2) is 33.7 Å². The Morgan fingerprint density at radius 3 is 2.47 bits per heavy atom. The Morgan fingerprint density at radius 2 is 1.83 bits per heavy atom. The van der Waals surface area contributed by atoms with E-state index < -0.39 is 5.91 Å². The number of amidine groups is 1. The molecule has 2 aromatic carbocycles. The fourth-order valence-corrected chi connectivity index (χ4v) is 5.74. The minimum Gasteiger partial charge on any atom is -0.384 e. The Kier molecular flexibility index (Phi) is 7.59. The van der Waals surface area contributed by atoms with E-state index >= 15 is 0 Å². The Hall–Kier alpha value is -3.45. The van der Waals surface area contributed by atoms with Gasteiger partial charge in [-0.2, -0.15) is 0 Å². The largest absolute Gasteiger partial charge is 0.384 e. The number of carbonyl (C=O) groups excluding carboxylic acids is 1. The number of aromatic nitrogens is 1. The first kappa shape index (κ1) is 25.6. The monoisotopic (exact) mass is 487 g/mol. The number of pyridine rings is 1. The van der Waals surface area contributed by atoms with Crippen LogP contribution in [-0.2, 0) is 0 Å². The van der Waals surface area contributed by atoms with E-state index in [2.05, 4.69) is 30.7 Å². The number of primary amides is 1. The van der Waals surface area contributed by atoms with Crippen molar-refractivity contribution >= 4 is 22.6 Å². The summed E-state index contributed by atoms with van der Waals surface area (Å²) in [6.45, 7) is 6.76. The summed E-state index contributed by atoms with van der Waals surface area (Å²) in [6.07, 6.45) is 6.57. The highest BCUT2D eigenvalue weighted by Gasteiger charge is 2.33. The van der Waals surface area contributed by atoms with Crippen molar-refractivity contribution in [3.63, 3.8) is 0 Å². The molecule has 1 amide bonds. The van der Waals surface area contributed by atoms with Gasteiger partial charge in [0.1, 0.15) is 5.84 Å². The number of fused-ring (bicyclic) bond motifs is 1. The average Bonchev–Trinajstić information content (AvgIpc) is 2.84. The predicted molar refractivity (Wildman–Crippen MR) is 146 cm³/mol. The highest BCUT2D eigenvalue weighted by atomic mass is 16.1. The summed E-state index contributed by atoms with van der Waals surface area (Å²) in [7, 11) is 0. The fourth-order valence-electron chi connectivity index (χ4n) is 5.74. The van der Waals surface area contributed by atoms with Gasteiger partial charge < -0.3 is 16.5 Å². The van der Waals surface area contributed by atoms with Crippen molar-refractivity contribution in [2.24, 2.45) is 11.5 Å². The number of nitrogens with one attached hydrogen (secondary N) is 2. The molecule has 0 aliphatic carbocycles. The van der Waals surface area contributed by atoms with Crippen LogP contribution in [0.15, 0.2) is 47.3 Å². The number of amides is 1. The van der Waals surface area contributed by atoms with E-state index in [1.54, 1.807) is 24.3 Å². The normalized spacial score (nSPS) is 19.3. The zero-order valence-corrected chi connectivity index (χ0v) is 21.4. The second-order valence-corrected chi connectivity index (χ2v) is 10.1. The molecule has 6 N–H and O–H groups in total. The van der Waals surface area contributed by atoms with Crippen LogP contribution in [0.25, 0.3) is 22.0 Å². The summed E-state index contributed by atoms with van der Waals surface area (Å²) < 4.78 is 0. The third-order valence-corrected chi connectivity index (χ3v) is 7.57. The number of aromatic amines is 1. The number of nitrogen functional groups attached to an aromatic ring is 1. The standard InChI is InChI=1S/C29H37N5O2/c1-4-5-12-26(34-17(2)8-6-9-18(34)3)24-14-21(28(32)35)15-25-23(24)16-22(29(36)33-25)19-10-7-11-20(13-19)27(30)31/h7,10-11,13-18,26H,4-6,8-9,12H2,1-3H3,(H3,30,31)(H2,32,35)(H,33,36). The zero-order chi connectivity index (χ0) is 26.0. The van der Waals surface area contributed by atoms with Crippen molar-refractivity contribution in [3.8, 4) is 11.1 Å². The van der Waals surface area contributed by atoms with E-state index in [-0.39, 0.29) is 17.4 Å². The number of unbranched alkanes of at least 4 members (excludes halogenated alkanes) is 1. The van der Waals surface area contributed by atoms with Crippen LogP contribution in [0.3, 0.4) is 0 Å². The molecule has 1 aromatic heterocycles. The molecule has 1 aliphatic heterocycles. The summed E-state index contributed by atoms with van der Waals surface area (Å²) in [6, 6.07) is 13.6. The predicted octanol–water partition coefficient (Wildman–Crippen LogP) is 5.07. The van der Waals surface area contributed by atoms with E-state index in [1.807, 2.05) is 18.2 Å². The van der Waals surface area contributed by atoms with Crippen LogP contribution in [0.5, 0.6) is 0 Å². The van der Waals surface area contributed by atoms with E-state index in [1.165, 1.54) is 6.42 Å². The van der Waals surface area contributed by atoms with Gasteiger partial charge in [-0.3, -0.25) is 19.9 Å². The number of carbonyl (C=O) groups is 1. The summed E-state index contributed by atoms with van der Waals surface area (Å²) >= 11 is 0. The molecule has 3 aromatic rings. The van der Waals surface area contributed by atoms with E-state index in [0.29, 0.717) is 39.9 Å². The van der Waals surface area contributed by atoms with E-state index in [4.69, 9.17) is 16.9 Å². The molecule has 3 atom stereocenters. The van der Waals surface area contributed by atoms with Gasteiger partial charge in [0, 0.05) is 45.7 Å². The third kappa shape index (κ3) is 5.07. The molecule has 2 heterocycles. The first-order chi connectivity index (χ1) is 17.2. The van der Waals surface area contributed by atoms with Crippen molar-refractivity contribution in [2.75, 3.05) is 0 Å². The molecule has 3 unspecified atom stereocenters. The number of nitrogens with two attached hydrogens (primary N) is 2. The molecule has 1 aliphatic rings. The van der Waals surface area contributed by atoms with E-state index in [0.717, 1.165) is 43.1 Å². The number of piperidine rings is 1. The Balaban J connectivity index is 1.97. The van der Waals surface area contributed by atoms with Gasteiger partial charge in [-0.1, -0.05) is 44.4 Å². The van der Waals surface area contributed by atoms with Gasteiger partial charge in [0.05, 0.1) is 0 Å². The maximum absolute atomic E-state index is 13.2. The molecule has 0 bridgehead atoms. The average molecular weight is 488 g/mol. The lowest BCUT2D eigenvalue weighted by Crippen LogP contribution is -2.46. The summed E-state index contributed by atoms with van der Waals surface area (Å²) in [4.78, 5) is 31.1. The highest BCUT2D eigenvalue weighted by molar-refractivity contribution is 5.99. The summed E-state index contributed by atoms with van der Waals surface area (Å²) in [5.41, 5.74) is 15.0. The number of hydrogen-bond acceptors (Lipinski definition) is 4. The van der Waals surface area contributed by atoms with Crippen LogP contribution in [0.2, 0.25) is 0 Å². The molecule has 0 saturated carbocycles. The second kappa shape index (κ2) is 10.7. The van der Waals surface area contributed by atoms with Gasteiger partial charge in [-0.05, 0) is 68.5 Å². The van der Waals surface area contributed by atoms with Crippen LogP contribution in [0.1, 0.15) is 86.8 Å². The number of nitrogens with zero attached hydrogens (tertiary/aromatic N) is 1. The molecule has 190 valence electrons. The topological polar surface area (TPSA) is 129 Å². The van der Waals surface area contributed by atoms with Gasteiger partial charge >= 0.3 is 0 Å². The first-order valence-corrected chi connectivity index (χ1v) is 12.9. The molecular weight excluding hydrogens is 450 g/mol. The van der Waals surface area contributed by atoms with Crippen molar-refractivity contribution < 1.29 is 4.79 Å². The zero-order valence-electron chi connectivity index (χ0n) is 21.4. The third-order valence-electron chi connectivity index (χ3n) is 7.57. The highest BCUT2D eigenvalue weighted by Crippen LogP contribution is 2.39. The number of hydrogen-bond donors (Lipinski definition) is 4. The van der Waals surface area contributed by atoms with Crippen molar-refractivity contribution in [3.05, 3.63) is 69.5 Å². The smallest absolute Gasteiger partial charge is 0.256 e.